The minimum Gasteiger partial charge on any atom is -0.356 e. The zero-order valence-corrected chi connectivity index (χ0v) is 19.6. The first-order valence-electron chi connectivity index (χ1n) is 10.4. The summed E-state index contributed by atoms with van der Waals surface area (Å²) in [6.07, 6.45) is 1.14. The van der Waals surface area contributed by atoms with Gasteiger partial charge in [-0.3, -0.25) is 14.2 Å². The lowest BCUT2D eigenvalue weighted by Crippen LogP contribution is -2.34. The van der Waals surface area contributed by atoms with E-state index in [1.54, 1.807) is 18.2 Å². The Bertz CT molecular complexity index is 1400. The lowest BCUT2D eigenvalue weighted by atomic mass is 10.1. The molecule has 1 aliphatic rings. The number of hydrogen-bond donors (Lipinski definition) is 3. The maximum absolute atomic E-state index is 13.4. The third-order valence-corrected chi connectivity index (χ3v) is 6.25. The van der Waals surface area contributed by atoms with Gasteiger partial charge in [0.1, 0.15) is 9.84 Å². The molecule has 32 heavy (non-hydrogen) atoms. The predicted octanol–water partition coefficient (Wildman–Crippen LogP) is 2.45. The zero-order chi connectivity index (χ0) is 23.4. The second-order valence-corrected chi connectivity index (χ2v) is 11.6. The minimum atomic E-state index is -3.27. The van der Waals surface area contributed by atoms with Crippen LogP contribution in [0.4, 0.5) is 5.95 Å². The lowest BCUT2D eigenvalue weighted by Gasteiger charge is -2.24. The van der Waals surface area contributed by atoms with Crippen LogP contribution in [0.3, 0.4) is 0 Å². The van der Waals surface area contributed by atoms with Crippen molar-refractivity contribution in [1.82, 2.24) is 19.9 Å². The van der Waals surface area contributed by atoms with Crippen LogP contribution < -0.4 is 16.2 Å². The van der Waals surface area contributed by atoms with Crippen molar-refractivity contribution < 1.29 is 13.2 Å². The van der Waals surface area contributed by atoms with Gasteiger partial charge in [0.2, 0.25) is 5.95 Å². The minimum absolute atomic E-state index is 0.00225. The Kier molecular flexibility index (Phi) is 5.15. The summed E-state index contributed by atoms with van der Waals surface area (Å²) in [6, 6.07) is 6.93. The van der Waals surface area contributed by atoms with E-state index in [-0.39, 0.29) is 29.8 Å². The molecule has 2 aromatic heterocycles. The fourth-order valence-electron chi connectivity index (χ4n) is 3.85. The molecule has 1 aromatic carbocycles. The monoisotopic (exact) mass is 457 g/mol. The van der Waals surface area contributed by atoms with Gasteiger partial charge in [-0.1, -0.05) is 12.1 Å². The van der Waals surface area contributed by atoms with E-state index < -0.39 is 15.4 Å². The number of nitrogens with zero attached hydrogens (tertiary/aromatic N) is 2. The topological polar surface area (TPSA) is 126 Å². The number of hydrogen-bond acceptors (Lipinski definition) is 6. The number of anilines is 1. The molecule has 0 radical (unpaired) electrons. The first-order chi connectivity index (χ1) is 14.8. The van der Waals surface area contributed by atoms with E-state index in [2.05, 4.69) is 15.6 Å². The highest BCUT2D eigenvalue weighted by atomic mass is 32.2. The largest absolute Gasteiger partial charge is 0.356 e. The Morgan fingerprint density at radius 1 is 1.19 bits per heavy atom. The number of aromatic amines is 1. The summed E-state index contributed by atoms with van der Waals surface area (Å²) in [5.74, 6) is -0.00711. The van der Waals surface area contributed by atoms with Crippen molar-refractivity contribution >= 4 is 32.6 Å². The predicted molar refractivity (Wildman–Crippen MR) is 125 cm³/mol. The van der Waals surface area contributed by atoms with Crippen LogP contribution in [0.25, 0.3) is 22.2 Å². The number of H-pyrrole nitrogens is 1. The van der Waals surface area contributed by atoms with Gasteiger partial charge in [-0.05, 0) is 39.8 Å². The Morgan fingerprint density at radius 3 is 2.53 bits per heavy atom. The summed E-state index contributed by atoms with van der Waals surface area (Å²) in [6.45, 7) is 7.71. The van der Waals surface area contributed by atoms with Crippen LogP contribution in [0.15, 0.2) is 29.1 Å². The molecule has 1 aliphatic heterocycles. The molecule has 3 N–H and O–H groups in total. The van der Waals surface area contributed by atoms with Gasteiger partial charge in [0.15, 0.2) is 0 Å². The number of carbonyl (C=O) groups is 1. The molecule has 9 nitrogen and oxygen atoms in total. The second-order valence-electron chi connectivity index (χ2n) is 9.30. The van der Waals surface area contributed by atoms with Gasteiger partial charge >= 0.3 is 0 Å². The van der Waals surface area contributed by atoms with Crippen LogP contribution in [0, 0.1) is 0 Å². The summed E-state index contributed by atoms with van der Waals surface area (Å²) in [5.41, 5.74) is 2.53. The molecule has 10 heteroatoms. The Hall–Kier alpha value is -3.14. The van der Waals surface area contributed by atoms with Crippen molar-refractivity contribution in [3.63, 3.8) is 0 Å². The van der Waals surface area contributed by atoms with Crippen LogP contribution in [-0.2, 0) is 16.4 Å². The molecule has 0 saturated carbocycles. The van der Waals surface area contributed by atoms with Crippen molar-refractivity contribution in [1.29, 1.82) is 0 Å². The van der Waals surface area contributed by atoms with Crippen molar-refractivity contribution in [2.24, 2.45) is 0 Å². The standard InChI is InChI=1S/C22H27N5O4S/c1-12-17-15(19(28)23-12)11-16(24-17)13-7-6-8-14-18(13)25-21(26-22(2,3)4)27(20(14)29)9-10-32(5,30)31/h6-8,11-12,24H,9-10H2,1-5H3,(H,23,28)(H,25,26)/t12-/m1/s1. The number of aromatic nitrogens is 3. The summed E-state index contributed by atoms with van der Waals surface area (Å²) >= 11 is 0. The fourth-order valence-corrected chi connectivity index (χ4v) is 4.36. The number of rotatable bonds is 5. The maximum atomic E-state index is 13.4. The second kappa shape index (κ2) is 7.47. The SMILES string of the molecule is C[C@H]1NC(=O)c2cc(-c3cccc4c(=O)n(CCS(C)(=O)=O)c(NC(C)(C)C)nc34)[nH]c21. The highest BCUT2D eigenvalue weighted by Crippen LogP contribution is 2.32. The van der Waals surface area contributed by atoms with Gasteiger partial charge in [-0.15, -0.1) is 0 Å². The third-order valence-electron chi connectivity index (χ3n) is 5.32. The summed E-state index contributed by atoms with van der Waals surface area (Å²) in [5, 5.41) is 6.47. The first kappa shape index (κ1) is 22.1. The third kappa shape index (κ3) is 4.14. The highest BCUT2D eigenvalue weighted by molar-refractivity contribution is 7.90. The van der Waals surface area contributed by atoms with Crippen molar-refractivity contribution in [3.8, 4) is 11.3 Å². The fraction of sp³-hybridized carbons (Fsp3) is 0.409. The molecule has 0 unspecified atom stereocenters. The van der Waals surface area contributed by atoms with Crippen LogP contribution in [0.5, 0.6) is 0 Å². The molecule has 0 bridgehead atoms. The summed E-state index contributed by atoms with van der Waals surface area (Å²) in [7, 11) is -3.27. The average molecular weight is 458 g/mol. The molecule has 1 amide bonds. The van der Waals surface area contributed by atoms with Crippen LogP contribution in [-0.4, -0.2) is 46.4 Å². The number of benzene rings is 1. The molecule has 4 rings (SSSR count). The normalized spacial score (nSPS) is 16.3. The number of sulfone groups is 1. The van der Waals surface area contributed by atoms with E-state index in [9.17, 15) is 18.0 Å². The van der Waals surface area contributed by atoms with E-state index in [1.807, 2.05) is 33.8 Å². The number of carbonyl (C=O) groups excluding carboxylic acids is 1. The van der Waals surface area contributed by atoms with E-state index >= 15 is 0 Å². The van der Waals surface area contributed by atoms with Gasteiger partial charge in [-0.2, -0.15) is 0 Å². The molecule has 0 saturated heterocycles. The molecule has 0 fully saturated rings. The highest BCUT2D eigenvalue weighted by Gasteiger charge is 2.29. The molecular weight excluding hydrogens is 430 g/mol. The van der Waals surface area contributed by atoms with Crippen LogP contribution in [0.1, 0.15) is 49.8 Å². The molecule has 3 aromatic rings. The number of fused-ring (bicyclic) bond motifs is 2. The zero-order valence-electron chi connectivity index (χ0n) is 18.7. The van der Waals surface area contributed by atoms with Gasteiger partial charge in [0, 0.05) is 29.6 Å². The Balaban J connectivity index is 1.92. The smallest absolute Gasteiger partial charge is 0.262 e. The van der Waals surface area contributed by atoms with E-state index in [0.717, 1.165) is 11.9 Å². The van der Waals surface area contributed by atoms with Crippen molar-refractivity contribution in [2.45, 2.75) is 45.8 Å². The van der Waals surface area contributed by atoms with E-state index in [0.29, 0.717) is 33.7 Å². The number of para-hydroxylation sites is 1. The molecule has 0 spiro atoms. The molecule has 3 heterocycles. The first-order valence-corrected chi connectivity index (χ1v) is 12.4. The van der Waals surface area contributed by atoms with Gasteiger partial charge < -0.3 is 15.6 Å². The molecular formula is C22H27N5O4S. The van der Waals surface area contributed by atoms with Gasteiger partial charge in [-0.25, -0.2) is 13.4 Å². The lowest BCUT2D eigenvalue weighted by molar-refractivity contribution is 0.0958. The Morgan fingerprint density at radius 2 is 1.91 bits per heavy atom. The van der Waals surface area contributed by atoms with Crippen LogP contribution in [0.2, 0.25) is 0 Å². The quantitative estimate of drug-likeness (QED) is 0.540. The summed E-state index contributed by atoms with van der Waals surface area (Å²) < 4.78 is 24.9. The van der Waals surface area contributed by atoms with Crippen LogP contribution >= 0.6 is 0 Å². The van der Waals surface area contributed by atoms with E-state index in [1.165, 1.54) is 4.57 Å². The van der Waals surface area contributed by atoms with Crippen molar-refractivity contribution in [2.75, 3.05) is 17.3 Å². The maximum Gasteiger partial charge on any atom is 0.262 e. The van der Waals surface area contributed by atoms with E-state index in [4.69, 9.17) is 4.98 Å². The molecule has 1 atom stereocenters. The van der Waals surface area contributed by atoms with Crippen molar-refractivity contribution in [3.05, 3.63) is 45.9 Å². The molecule has 0 aliphatic carbocycles. The Labute approximate surface area is 186 Å². The number of nitrogens with one attached hydrogen (secondary N) is 3. The average Bonchev–Trinajstić information content (AvgIpc) is 3.20. The van der Waals surface area contributed by atoms with Gasteiger partial charge in [0.25, 0.3) is 11.5 Å². The summed E-state index contributed by atoms with van der Waals surface area (Å²) in [4.78, 5) is 33.6. The number of amides is 1. The molecule has 170 valence electrons. The van der Waals surface area contributed by atoms with Gasteiger partial charge in [0.05, 0.1) is 34.0 Å².